The maximum atomic E-state index is 10.2. The van der Waals surface area contributed by atoms with Gasteiger partial charge in [0.1, 0.15) is 18.5 Å². The topological polar surface area (TPSA) is 41.9 Å². The van der Waals surface area contributed by atoms with Gasteiger partial charge in [0.15, 0.2) is 0 Å². The zero-order valence-corrected chi connectivity index (χ0v) is 12.6. The molecule has 1 saturated heterocycles. The molecule has 112 valence electrons. The summed E-state index contributed by atoms with van der Waals surface area (Å²) in [5.74, 6) is 0.843. The smallest absolute Gasteiger partial charge is 0.122 e. The van der Waals surface area contributed by atoms with E-state index in [2.05, 4.69) is 18.7 Å². The minimum atomic E-state index is -0.484. The van der Waals surface area contributed by atoms with E-state index in [0.717, 1.165) is 24.5 Å². The van der Waals surface area contributed by atoms with Gasteiger partial charge in [-0.25, -0.2) is 0 Å². The molecule has 20 heavy (non-hydrogen) atoms. The van der Waals surface area contributed by atoms with Crippen LogP contribution in [0.4, 0.5) is 0 Å². The van der Waals surface area contributed by atoms with Crippen LogP contribution in [0.2, 0.25) is 0 Å². The van der Waals surface area contributed by atoms with Crippen molar-refractivity contribution in [3.63, 3.8) is 0 Å². The zero-order valence-electron chi connectivity index (χ0n) is 12.6. The quantitative estimate of drug-likeness (QED) is 0.893. The predicted molar refractivity (Wildman–Crippen MR) is 79.1 cm³/mol. The molecule has 1 heterocycles. The number of nitrogens with zero attached hydrogens (tertiary/aromatic N) is 1. The first-order chi connectivity index (χ1) is 9.56. The molecule has 1 aromatic rings. The second kappa shape index (κ2) is 7.07. The third-order valence-corrected chi connectivity index (χ3v) is 3.71. The van der Waals surface area contributed by atoms with Crippen LogP contribution in [0.3, 0.4) is 0 Å². The van der Waals surface area contributed by atoms with E-state index in [0.29, 0.717) is 19.2 Å². The van der Waals surface area contributed by atoms with Gasteiger partial charge in [-0.15, -0.1) is 0 Å². The average molecular weight is 279 g/mol. The van der Waals surface area contributed by atoms with Gasteiger partial charge in [-0.2, -0.15) is 0 Å². The summed E-state index contributed by atoms with van der Waals surface area (Å²) in [5, 5.41) is 10.2. The highest BCUT2D eigenvalue weighted by molar-refractivity contribution is 5.31. The number of hydrogen-bond donors (Lipinski definition) is 1. The van der Waals surface area contributed by atoms with Crippen LogP contribution >= 0.6 is 0 Å². The summed E-state index contributed by atoms with van der Waals surface area (Å²) in [6.07, 6.45) is -0.252. The monoisotopic (exact) mass is 279 g/mol. The standard InChI is InChI=1S/C16H25NO3/c1-12-6-4-5-7-16(12)20-11-15(18)9-17-8-14(3)19-10-13(17)2/h4-7,13-15,18H,8-11H2,1-3H3/t13-,14-,15+/m0/s1. The Morgan fingerprint density at radius 3 is 2.90 bits per heavy atom. The molecule has 0 radical (unpaired) electrons. The lowest BCUT2D eigenvalue weighted by molar-refractivity contribution is -0.0650. The van der Waals surface area contributed by atoms with Gasteiger partial charge in [0.25, 0.3) is 0 Å². The van der Waals surface area contributed by atoms with Crippen LogP contribution in [0.15, 0.2) is 24.3 Å². The Kier molecular flexibility index (Phi) is 5.40. The number of β-amino-alcohol motifs (C(OH)–C–C–N with tert-alkyl or cyclic N) is 1. The summed E-state index contributed by atoms with van der Waals surface area (Å²) >= 11 is 0. The number of benzene rings is 1. The molecular formula is C16H25NO3. The van der Waals surface area contributed by atoms with Crippen molar-refractivity contribution in [2.45, 2.75) is 39.0 Å². The first-order valence-electron chi connectivity index (χ1n) is 7.28. The summed E-state index contributed by atoms with van der Waals surface area (Å²) in [5.41, 5.74) is 1.09. The number of hydrogen-bond acceptors (Lipinski definition) is 4. The molecular weight excluding hydrogens is 254 g/mol. The molecule has 4 heteroatoms. The molecule has 0 saturated carbocycles. The number of morpholine rings is 1. The SMILES string of the molecule is Cc1ccccc1OC[C@H](O)CN1C[C@H](C)OC[C@@H]1C. The van der Waals surface area contributed by atoms with E-state index in [1.807, 2.05) is 31.2 Å². The number of aliphatic hydroxyl groups excluding tert-OH is 1. The lowest BCUT2D eigenvalue weighted by atomic mass is 10.2. The summed E-state index contributed by atoms with van der Waals surface area (Å²) in [6.45, 7) is 8.74. The Morgan fingerprint density at radius 1 is 1.40 bits per heavy atom. The molecule has 0 bridgehead atoms. The highest BCUT2D eigenvalue weighted by Gasteiger charge is 2.25. The molecule has 1 N–H and O–H groups in total. The Balaban J connectivity index is 1.80. The van der Waals surface area contributed by atoms with Crippen LogP contribution in [-0.4, -0.2) is 54.6 Å². The summed E-state index contributed by atoms with van der Waals surface area (Å²) in [6, 6.07) is 8.21. The number of rotatable bonds is 5. The van der Waals surface area contributed by atoms with E-state index < -0.39 is 6.10 Å². The van der Waals surface area contributed by atoms with Gasteiger partial charge in [0, 0.05) is 19.1 Å². The molecule has 1 fully saturated rings. The lowest BCUT2D eigenvalue weighted by Crippen LogP contribution is -2.50. The van der Waals surface area contributed by atoms with Crippen molar-refractivity contribution in [2.24, 2.45) is 0 Å². The van der Waals surface area contributed by atoms with Crippen molar-refractivity contribution in [3.8, 4) is 5.75 Å². The average Bonchev–Trinajstić information content (AvgIpc) is 2.42. The van der Waals surface area contributed by atoms with Crippen molar-refractivity contribution in [3.05, 3.63) is 29.8 Å². The van der Waals surface area contributed by atoms with Crippen LogP contribution in [-0.2, 0) is 4.74 Å². The van der Waals surface area contributed by atoms with Gasteiger partial charge >= 0.3 is 0 Å². The van der Waals surface area contributed by atoms with E-state index in [9.17, 15) is 5.11 Å². The highest BCUT2D eigenvalue weighted by atomic mass is 16.5. The van der Waals surface area contributed by atoms with Crippen LogP contribution in [0.1, 0.15) is 19.4 Å². The second-order valence-electron chi connectivity index (χ2n) is 5.68. The molecule has 0 aromatic heterocycles. The third-order valence-electron chi connectivity index (χ3n) is 3.71. The molecule has 4 nitrogen and oxygen atoms in total. The number of aryl methyl sites for hydroxylation is 1. The molecule has 3 atom stereocenters. The fraction of sp³-hybridized carbons (Fsp3) is 0.625. The van der Waals surface area contributed by atoms with Gasteiger partial charge in [0.05, 0.1) is 12.7 Å². The van der Waals surface area contributed by atoms with Crippen molar-refractivity contribution >= 4 is 0 Å². The van der Waals surface area contributed by atoms with Crippen molar-refractivity contribution in [2.75, 3.05) is 26.3 Å². The van der Waals surface area contributed by atoms with E-state index in [4.69, 9.17) is 9.47 Å². The Morgan fingerprint density at radius 2 is 2.15 bits per heavy atom. The van der Waals surface area contributed by atoms with Crippen molar-refractivity contribution < 1.29 is 14.6 Å². The largest absolute Gasteiger partial charge is 0.491 e. The van der Waals surface area contributed by atoms with E-state index in [1.54, 1.807) is 0 Å². The summed E-state index contributed by atoms with van der Waals surface area (Å²) < 4.78 is 11.3. The Hall–Kier alpha value is -1.10. The highest BCUT2D eigenvalue weighted by Crippen LogP contribution is 2.17. The maximum absolute atomic E-state index is 10.2. The van der Waals surface area contributed by atoms with Gasteiger partial charge in [-0.3, -0.25) is 4.90 Å². The van der Waals surface area contributed by atoms with Crippen LogP contribution in [0.25, 0.3) is 0 Å². The molecule has 0 amide bonds. The summed E-state index contributed by atoms with van der Waals surface area (Å²) in [4.78, 5) is 2.26. The molecule has 0 spiro atoms. The molecule has 1 aromatic carbocycles. The number of aliphatic hydroxyl groups is 1. The zero-order chi connectivity index (χ0) is 14.5. The van der Waals surface area contributed by atoms with Crippen LogP contribution in [0.5, 0.6) is 5.75 Å². The van der Waals surface area contributed by atoms with E-state index in [-0.39, 0.29) is 6.10 Å². The van der Waals surface area contributed by atoms with Crippen molar-refractivity contribution in [1.82, 2.24) is 4.90 Å². The second-order valence-corrected chi connectivity index (χ2v) is 5.68. The fourth-order valence-corrected chi connectivity index (χ4v) is 2.45. The minimum Gasteiger partial charge on any atom is -0.491 e. The van der Waals surface area contributed by atoms with E-state index in [1.165, 1.54) is 0 Å². The van der Waals surface area contributed by atoms with E-state index >= 15 is 0 Å². The van der Waals surface area contributed by atoms with Gasteiger partial charge in [-0.1, -0.05) is 18.2 Å². The predicted octanol–water partition coefficient (Wildman–Crippen LogP) is 1.84. The first kappa shape index (κ1) is 15.3. The molecule has 1 aliphatic rings. The summed E-state index contributed by atoms with van der Waals surface area (Å²) in [7, 11) is 0. The molecule has 1 aliphatic heterocycles. The normalized spacial score (nSPS) is 25.4. The number of para-hydroxylation sites is 1. The molecule has 0 unspecified atom stereocenters. The Labute approximate surface area is 121 Å². The van der Waals surface area contributed by atoms with Gasteiger partial charge in [0.2, 0.25) is 0 Å². The third kappa shape index (κ3) is 4.20. The number of ether oxygens (including phenoxy) is 2. The van der Waals surface area contributed by atoms with Crippen LogP contribution in [0, 0.1) is 6.92 Å². The van der Waals surface area contributed by atoms with Gasteiger partial charge < -0.3 is 14.6 Å². The molecule has 2 rings (SSSR count). The van der Waals surface area contributed by atoms with Crippen molar-refractivity contribution in [1.29, 1.82) is 0 Å². The molecule has 0 aliphatic carbocycles. The fourth-order valence-electron chi connectivity index (χ4n) is 2.45. The van der Waals surface area contributed by atoms with Crippen LogP contribution < -0.4 is 4.74 Å². The van der Waals surface area contributed by atoms with Gasteiger partial charge in [-0.05, 0) is 32.4 Å². The lowest BCUT2D eigenvalue weighted by Gasteiger charge is -2.37. The first-order valence-corrected chi connectivity index (χ1v) is 7.28. The maximum Gasteiger partial charge on any atom is 0.122 e. The minimum absolute atomic E-state index is 0.232. The Bertz CT molecular complexity index is 424.